The van der Waals surface area contributed by atoms with Crippen LogP contribution < -0.4 is 14.8 Å². The molecule has 0 aliphatic carbocycles. The Hall–Kier alpha value is -3.09. The Morgan fingerprint density at radius 2 is 1.75 bits per heavy atom. The predicted octanol–water partition coefficient (Wildman–Crippen LogP) is 2.28. The number of nitrogens with zero attached hydrogens (tertiary/aromatic N) is 2. The maximum absolute atomic E-state index is 12.4. The van der Waals surface area contributed by atoms with Crippen LogP contribution in [-0.4, -0.2) is 54.0 Å². The third-order valence-corrected chi connectivity index (χ3v) is 4.54. The van der Waals surface area contributed by atoms with Gasteiger partial charge >= 0.3 is 0 Å². The number of hydrogen-bond donors (Lipinski definition) is 1. The van der Waals surface area contributed by atoms with E-state index in [2.05, 4.69) is 10.3 Å². The molecule has 7 heteroatoms. The van der Waals surface area contributed by atoms with Gasteiger partial charge in [0.1, 0.15) is 17.2 Å². The van der Waals surface area contributed by atoms with Crippen LogP contribution in [0.1, 0.15) is 30.3 Å². The molecule has 1 N–H and O–H groups in total. The van der Waals surface area contributed by atoms with E-state index in [0.29, 0.717) is 44.0 Å². The molecule has 148 valence electrons. The van der Waals surface area contributed by atoms with Crippen LogP contribution in [0.15, 0.2) is 48.7 Å². The van der Waals surface area contributed by atoms with Gasteiger partial charge < -0.3 is 19.7 Å². The molecule has 0 spiro atoms. The third-order valence-electron chi connectivity index (χ3n) is 4.54. The van der Waals surface area contributed by atoms with Crippen molar-refractivity contribution >= 4 is 11.8 Å². The van der Waals surface area contributed by atoms with Gasteiger partial charge in [0.15, 0.2) is 6.61 Å². The second-order valence-electron chi connectivity index (χ2n) is 6.54. The molecule has 2 amide bonds. The van der Waals surface area contributed by atoms with E-state index >= 15 is 0 Å². The molecule has 1 aromatic carbocycles. The topological polar surface area (TPSA) is 80.8 Å². The van der Waals surface area contributed by atoms with Gasteiger partial charge in [-0.15, -0.1) is 0 Å². The first kappa shape index (κ1) is 19.7. The molecular formula is C21H25N3O4. The lowest BCUT2D eigenvalue weighted by atomic mass is 10.0. The van der Waals surface area contributed by atoms with Crippen LogP contribution >= 0.6 is 0 Å². The zero-order chi connectivity index (χ0) is 19.8. The molecule has 0 bridgehead atoms. The number of pyridine rings is 1. The van der Waals surface area contributed by atoms with Crippen molar-refractivity contribution in [1.29, 1.82) is 0 Å². The van der Waals surface area contributed by atoms with Crippen LogP contribution in [-0.2, 0) is 4.79 Å². The smallest absolute Gasteiger partial charge is 0.272 e. The lowest BCUT2D eigenvalue weighted by Gasteiger charge is -2.32. The van der Waals surface area contributed by atoms with Crippen LogP contribution in [0, 0.1) is 0 Å². The Balaban J connectivity index is 1.39. The van der Waals surface area contributed by atoms with Crippen molar-refractivity contribution in [3.63, 3.8) is 0 Å². The van der Waals surface area contributed by atoms with Gasteiger partial charge in [0, 0.05) is 25.3 Å². The molecule has 1 aromatic heterocycles. The summed E-state index contributed by atoms with van der Waals surface area (Å²) in [5, 5.41) is 2.98. The molecule has 1 fully saturated rings. The molecule has 1 aliphatic rings. The van der Waals surface area contributed by atoms with Crippen LogP contribution in [0.5, 0.6) is 11.5 Å². The van der Waals surface area contributed by atoms with E-state index in [1.54, 1.807) is 41.4 Å². The third kappa shape index (κ3) is 5.45. The minimum atomic E-state index is -0.164. The SMILES string of the molecule is CCOc1ccc(OCC(=O)NC2CCN(C(=O)c3ccccn3)CC2)cc1. The highest BCUT2D eigenvalue weighted by atomic mass is 16.5. The summed E-state index contributed by atoms with van der Waals surface area (Å²) in [7, 11) is 0. The van der Waals surface area contributed by atoms with E-state index in [4.69, 9.17) is 9.47 Å². The summed E-state index contributed by atoms with van der Waals surface area (Å²) in [6, 6.07) is 12.5. The van der Waals surface area contributed by atoms with Crippen molar-refractivity contribution in [3.05, 3.63) is 54.4 Å². The van der Waals surface area contributed by atoms with Gasteiger partial charge in [-0.2, -0.15) is 0 Å². The quantitative estimate of drug-likeness (QED) is 0.793. The standard InChI is InChI=1S/C21H25N3O4/c1-2-27-17-6-8-18(9-7-17)28-15-20(25)23-16-10-13-24(14-11-16)21(26)19-5-3-4-12-22-19/h3-9,12,16H,2,10-11,13-15H2,1H3,(H,23,25). The van der Waals surface area contributed by atoms with E-state index in [1.165, 1.54) is 0 Å². The highest BCUT2D eigenvalue weighted by Gasteiger charge is 2.25. The zero-order valence-electron chi connectivity index (χ0n) is 16.0. The highest BCUT2D eigenvalue weighted by molar-refractivity contribution is 5.92. The second-order valence-corrected chi connectivity index (χ2v) is 6.54. The number of carbonyl (C=O) groups excluding carboxylic acids is 2. The number of aromatic nitrogens is 1. The maximum Gasteiger partial charge on any atom is 0.272 e. The normalized spacial score (nSPS) is 14.4. The summed E-state index contributed by atoms with van der Waals surface area (Å²) in [6.07, 6.45) is 3.05. The van der Waals surface area contributed by atoms with Crippen molar-refractivity contribution in [3.8, 4) is 11.5 Å². The van der Waals surface area contributed by atoms with Crippen molar-refractivity contribution in [2.75, 3.05) is 26.3 Å². The summed E-state index contributed by atoms with van der Waals surface area (Å²) in [5.74, 6) is 1.16. The lowest BCUT2D eigenvalue weighted by molar-refractivity contribution is -0.124. The number of carbonyl (C=O) groups is 2. The van der Waals surface area contributed by atoms with Gasteiger partial charge in [-0.3, -0.25) is 14.6 Å². The van der Waals surface area contributed by atoms with Crippen LogP contribution in [0.2, 0.25) is 0 Å². The number of hydrogen-bond acceptors (Lipinski definition) is 5. The fourth-order valence-electron chi connectivity index (χ4n) is 3.10. The number of ether oxygens (including phenoxy) is 2. The number of rotatable bonds is 7. The van der Waals surface area contributed by atoms with Crippen molar-refractivity contribution < 1.29 is 19.1 Å². The fourth-order valence-corrected chi connectivity index (χ4v) is 3.10. The molecule has 1 aliphatic heterocycles. The minimum Gasteiger partial charge on any atom is -0.494 e. The molecule has 0 atom stereocenters. The van der Waals surface area contributed by atoms with E-state index < -0.39 is 0 Å². The van der Waals surface area contributed by atoms with Crippen LogP contribution in [0.4, 0.5) is 0 Å². The maximum atomic E-state index is 12.4. The first-order chi connectivity index (χ1) is 13.7. The molecule has 28 heavy (non-hydrogen) atoms. The van der Waals surface area contributed by atoms with Gasteiger partial charge in [0.05, 0.1) is 6.61 Å². The number of amides is 2. The average molecular weight is 383 g/mol. The van der Waals surface area contributed by atoms with Crippen LogP contribution in [0.25, 0.3) is 0 Å². The Bertz CT molecular complexity index is 772. The molecule has 1 saturated heterocycles. The Morgan fingerprint density at radius 3 is 2.36 bits per heavy atom. The van der Waals surface area contributed by atoms with Gasteiger partial charge in [-0.1, -0.05) is 6.07 Å². The minimum absolute atomic E-state index is 0.0406. The largest absolute Gasteiger partial charge is 0.494 e. The van der Waals surface area contributed by atoms with E-state index in [-0.39, 0.29) is 24.5 Å². The summed E-state index contributed by atoms with van der Waals surface area (Å²) in [5.41, 5.74) is 0.453. The second kappa shape index (κ2) is 9.73. The van der Waals surface area contributed by atoms with Crippen LogP contribution in [0.3, 0.4) is 0 Å². The van der Waals surface area contributed by atoms with E-state index in [9.17, 15) is 9.59 Å². The molecule has 7 nitrogen and oxygen atoms in total. The molecule has 3 rings (SSSR count). The number of likely N-dealkylation sites (tertiary alicyclic amines) is 1. The number of piperidine rings is 1. The predicted molar refractivity (Wildman–Crippen MR) is 104 cm³/mol. The van der Waals surface area contributed by atoms with Gasteiger partial charge in [0.25, 0.3) is 11.8 Å². The van der Waals surface area contributed by atoms with Crippen molar-refractivity contribution in [1.82, 2.24) is 15.2 Å². The first-order valence-electron chi connectivity index (χ1n) is 9.51. The number of nitrogens with one attached hydrogen (secondary N) is 1. The van der Waals surface area contributed by atoms with Gasteiger partial charge in [-0.05, 0) is 56.2 Å². The summed E-state index contributed by atoms with van der Waals surface area (Å²) in [4.78, 5) is 30.4. The molecule has 0 unspecified atom stereocenters. The molecule has 0 radical (unpaired) electrons. The molecule has 2 aromatic rings. The van der Waals surface area contributed by atoms with Gasteiger partial charge in [0.2, 0.25) is 0 Å². The molecule has 0 saturated carbocycles. The summed E-state index contributed by atoms with van der Waals surface area (Å²) >= 11 is 0. The van der Waals surface area contributed by atoms with E-state index in [0.717, 1.165) is 5.75 Å². The molecule has 2 heterocycles. The fraction of sp³-hybridized carbons (Fsp3) is 0.381. The molecular weight excluding hydrogens is 358 g/mol. The first-order valence-corrected chi connectivity index (χ1v) is 9.51. The van der Waals surface area contributed by atoms with Crippen molar-refractivity contribution in [2.45, 2.75) is 25.8 Å². The Kier molecular flexibility index (Phi) is 6.84. The highest BCUT2D eigenvalue weighted by Crippen LogP contribution is 2.17. The summed E-state index contributed by atoms with van der Waals surface area (Å²) < 4.78 is 10.9. The summed E-state index contributed by atoms with van der Waals surface area (Å²) in [6.45, 7) is 3.68. The van der Waals surface area contributed by atoms with E-state index in [1.807, 2.05) is 19.1 Å². The monoisotopic (exact) mass is 383 g/mol. The average Bonchev–Trinajstić information content (AvgIpc) is 2.74. The Morgan fingerprint density at radius 1 is 1.07 bits per heavy atom. The zero-order valence-corrected chi connectivity index (χ0v) is 16.0. The Labute approximate surface area is 164 Å². The van der Waals surface area contributed by atoms with Gasteiger partial charge in [-0.25, -0.2) is 0 Å². The lowest BCUT2D eigenvalue weighted by Crippen LogP contribution is -2.47. The van der Waals surface area contributed by atoms with Crippen molar-refractivity contribution in [2.24, 2.45) is 0 Å². The number of benzene rings is 1.